The van der Waals surface area contributed by atoms with Crippen LogP contribution >= 0.6 is 11.6 Å². The number of aromatic nitrogens is 7. The molecule has 1 amide bonds. The van der Waals surface area contributed by atoms with Gasteiger partial charge in [0.1, 0.15) is 11.5 Å². The summed E-state index contributed by atoms with van der Waals surface area (Å²) in [6, 6.07) is 7.85. The Kier molecular flexibility index (Phi) is 5.40. The van der Waals surface area contributed by atoms with E-state index in [9.17, 15) is 4.79 Å². The second-order valence-electron chi connectivity index (χ2n) is 11.0. The number of fused-ring (bicyclic) bond motifs is 1. The minimum atomic E-state index is -0.0000459. The number of halogens is 1. The Morgan fingerprint density at radius 2 is 2.00 bits per heavy atom. The average molecular weight is 554 g/mol. The maximum atomic E-state index is 12.0. The summed E-state index contributed by atoms with van der Waals surface area (Å²) in [5.41, 5.74) is 12.6. The molecule has 1 spiro atoms. The molecule has 5 aromatic rings. The molecule has 1 aliphatic heterocycles. The second kappa shape index (κ2) is 8.79. The van der Waals surface area contributed by atoms with E-state index >= 15 is 0 Å². The van der Waals surface area contributed by atoms with Crippen LogP contribution < -0.4 is 5.73 Å². The van der Waals surface area contributed by atoms with Crippen LogP contribution in [0.25, 0.3) is 39.1 Å². The van der Waals surface area contributed by atoms with Crippen molar-refractivity contribution in [1.82, 2.24) is 39.6 Å². The number of hydrogen-bond acceptors (Lipinski definition) is 6. The van der Waals surface area contributed by atoms with Gasteiger partial charge < -0.3 is 10.6 Å². The molecule has 2 fully saturated rings. The number of aromatic amines is 1. The molecule has 2 aliphatic rings. The predicted octanol–water partition coefficient (Wildman–Crippen LogP) is 4.88. The fourth-order valence-electron chi connectivity index (χ4n) is 6.40. The number of nitrogens with zero attached hydrogens (tertiary/aromatic N) is 7. The molecule has 4 aromatic heterocycles. The highest BCUT2D eigenvalue weighted by Gasteiger charge is 2.54. The number of hydrogen-bond donors (Lipinski definition) is 2. The van der Waals surface area contributed by atoms with Gasteiger partial charge in [0.05, 0.1) is 29.0 Å². The van der Waals surface area contributed by atoms with Gasteiger partial charge in [0, 0.05) is 58.5 Å². The van der Waals surface area contributed by atoms with Crippen molar-refractivity contribution in [3.8, 4) is 28.2 Å². The molecule has 5 heterocycles. The molecular formula is C29H28ClN9O. The van der Waals surface area contributed by atoms with Crippen LogP contribution in [-0.2, 0) is 4.79 Å². The van der Waals surface area contributed by atoms with Crippen molar-refractivity contribution < 1.29 is 4.79 Å². The van der Waals surface area contributed by atoms with Crippen LogP contribution in [-0.4, -0.2) is 58.6 Å². The molecule has 1 aliphatic carbocycles. The van der Waals surface area contributed by atoms with Crippen molar-refractivity contribution in [1.29, 1.82) is 0 Å². The van der Waals surface area contributed by atoms with Crippen LogP contribution in [0.2, 0.25) is 5.02 Å². The van der Waals surface area contributed by atoms with E-state index in [1.165, 1.54) is 6.08 Å². The van der Waals surface area contributed by atoms with Crippen molar-refractivity contribution in [2.75, 3.05) is 18.8 Å². The van der Waals surface area contributed by atoms with Gasteiger partial charge >= 0.3 is 0 Å². The van der Waals surface area contributed by atoms with Gasteiger partial charge in [-0.3, -0.25) is 14.6 Å². The molecule has 0 radical (unpaired) electrons. The monoisotopic (exact) mass is 553 g/mol. The first-order valence-electron chi connectivity index (χ1n) is 13.2. The van der Waals surface area contributed by atoms with Crippen molar-refractivity contribution in [3.05, 3.63) is 71.8 Å². The van der Waals surface area contributed by atoms with Gasteiger partial charge in [-0.1, -0.05) is 18.2 Å². The fraction of sp³-hybridized carbons (Fsp3) is 0.276. The largest absolute Gasteiger partial charge is 0.384 e. The number of nitrogens with two attached hydrogens (primary N) is 1. The standard InChI is InChI=1S/C29H28ClN9O/c1-4-24(40)37-14-29(15-37)10-19(11-29)38-17(3)25(26-20-13-33-35-21(20)9-16(2)27(26)30)28(36-38)18-5-6-23(32-12-18)39-22(31)7-8-34-39/h4-9,12-13,19H,1,10-11,14-15,31H2,2-3H3,(H,33,35). The van der Waals surface area contributed by atoms with E-state index in [1.807, 2.05) is 36.2 Å². The van der Waals surface area contributed by atoms with Gasteiger partial charge in [-0.05, 0) is 56.5 Å². The van der Waals surface area contributed by atoms with Crippen LogP contribution in [0.5, 0.6) is 0 Å². The molecule has 0 unspecified atom stereocenters. The maximum absolute atomic E-state index is 12.0. The summed E-state index contributed by atoms with van der Waals surface area (Å²) in [6.45, 7) is 9.26. The quantitative estimate of drug-likeness (QED) is 0.299. The molecule has 0 atom stereocenters. The molecule has 3 N–H and O–H groups in total. The Hall–Kier alpha value is -4.44. The Bertz CT molecular complexity index is 1800. The van der Waals surface area contributed by atoms with E-state index < -0.39 is 0 Å². The summed E-state index contributed by atoms with van der Waals surface area (Å²) >= 11 is 7.01. The number of nitrogens with one attached hydrogen (secondary N) is 1. The van der Waals surface area contributed by atoms with Crippen LogP contribution in [0.4, 0.5) is 5.82 Å². The highest BCUT2D eigenvalue weighted by atomic mass is 35.5. The lowest BCUT2D eigenvalue weighted by Crippen LogP contribution is -2.63. The topological polar surface area (TPSA) is 124 Å². The number of carbonyl (C=O) groups excluding carboxylic acids is 1. The number of carbonyl (C=O) groups is 1. The summed E-state index contributed by atoms with van der Waals surface area (Å²) in [5, 5.41) is 18.5. The molecule has 7 rings (SSSR count). The highest BCUT2D eigenvalue weighted by molar-refractivity contribution is 6.36. The SMILES string of the molecule is C=CC(=O)N1CC2(CC(n3nc(-c4ccc(-n5nccc5N)nc4)c(-c4c(Cl)c(C)cc5[nH]ncc45)c3C)C2)C1. The molecule has 40 heavy (non-hydrogen) atoms. The van der Waals surface area contributed by atoms with Crippen molar-refractivity contribution in [2.45, 2.75) is 32.7 Å². The summed E-state index contributed by atoms with van der Waals surface area (Å²) < 4.78 is 3.73. The third kappa shape index (κ3) is 3.59. The zero-order valence-corrected chi connectivity index (χ0v) is 23.0. The van der Waals surface area contributed by atoms with Crippen molar-refractivity contribution >= 4 is 34.2 Å². The van der Waals surface area contributed by atoms with Crippen LogP contribution in [0.3, 0.4) is 0 Å². The van der Waals surface area contributed by atoms with Crippen LogP contribution in [0, 0.1) is 19.3 Å². The Labute approximate surface area is 235 Å². The minimum Gasteiger partial charge on any atom is -0.384 e. The number of likely N-dealkylation sites (tertiary alicyclic amines) is 1. The van der Waals surface area contributed by atoms with Crippen molar-refractivity contribution in [2.24, 2.45) is 5.41 Å². The van der Waals surface area contributed by atoms with Crippen molar-refractivity contribution in [3.63, 3.8) is 0 Å². The molecule has 1 saturated carbocycles. The number of anilines is 1. The highest BCUT2D eigenvalue weighted by Crippen LogP contribution is 2.55. The zero-order valence-electron chi connectivity index (χ0n) is 22.2. The minimum absolute atomic E-state index is 0.0000459. The number of H-pyrrole nitrogens is 1. The predicted molar refractivity (Wildman–Crippen MR) is 154 cm³/mol. The molecule has 202 valence electrons. The first-order chi connectivity index (χ1) is 19.3. The van der Waals surface area contributed by atoms with Gasteiger partial charge in [-0.15, -0.1) is 0 Å². The summed E-state index contributed by atoms with van der Waals surface area (Å²) in [6.07, 6.45) is 8.58. The third-order valence-electron chi connectivity index (χ3n) is 8.40. The molecule has 1 saturated heterocycles. The smallest absolute Gasteiger partial charge is 0.245 e. The van der Waals surface area contributed by atoms with Crippen LogP contribution in [0.15, 0.2) is 55.5 Å². The fourth-order valence-corrected chi connectivity index (χ4v) is 6.65. The Balaban J connectivity index is 1.32. The van der Waals surface area contributed by atoms with Gasteiger partial charge in [-0.2, -0.15) is 20.0 Å². The van der Waals surface area contributed by atoms with Gasteiger partial charge in [0.2, 0.25) is 5.91 Å². The molecule has 11 heteroatoms. The number of nitrogen functional groups attached to an aromatic ring is 1. The van der Waals surface area contributed by atoms with E-state index in [1.54, 1.807) is 23.1 Å². The maximum Gasteiger partial charge on any atom is 0.245 e. The van der Waals surface area contributed by atoms with Gasteiger partial charge in [-0.25, -0.2) is 4.98 Å². The van der Waals surface area contributed by atoms with Gasteiger partial charge in [0.25, 0.3) is 0 Å². The number of benzene rings is 1. The number of aryl methyl sites for hydroxylation is 1. The zero-order chi connectivity index (χ0) is 27.8. The number of amides is 1. The van der Waals surface area contributed by atoms with E-state index in [-0.39, 0.29) is 17.4 Å². The molecular weight excluding hydrogens is 526 g/mol. The molecule has 10 nitrogen and oxygen atoms in total. The first kappa shape index (κ1) is 24.6. The lowest BCUT2D eigenvalue weighted by atomic mass is 9.60. The number of rotatable bonds is 5. The lowest BCUT2D eigenvalue weighted by Gasteiger charge is -2.58. The van der Waals surface area contributed by atoms with Gasteiger partial charge in [0.15, 0.2) is 5.82 Å². The van der Waals surface area contributed by atoms with E-state index in [0.29, 0.717) is 16.7 Å². The summed E-state index contributed by atoms with van der Waals surface area (Å²) in [7, 11) is 0. The lowest BCUT2D eigenvalue weighted by molar-refractivity contribution is -0.149. The number of pyridine rings is 1. The van der Waals surface area contributed by atoms with E-state index in [2.05, 4.69) is 38.5 Å². The summed E-state index contributed by atoms with van der Waals surface area (Å²) in [5.74, 6) is 1.14. The Morgan fingerprint density at radius 1 is 1.20 bits per heavy atom. The average Bonchev–Trinajstić information content (AvgIpc) is 3.63. The second-order valence-corrected chi connectivity index (χ2v) is 11.4. The van der Waals surface area contributed by atoms with Crippen LogP contribution in [0.1, 0.15) is 30.1 Å². The first-order valence-corrected chi connectivity index (χ1v) is 13.6. The summed E-state index contributed by atoms with van der Waals surface area (Å²) in [4.78, 5) is 18.5. The third-order valence-corrected chi connectivity index (χ3v) is 8.88. The molecule has 0 bridgehead atoms. The normalized spacial score (nSPS) is 16.3. The van der Waals surface area contributed by atoms with E-state index in [4.69, 9.17) is 22.4 Å². The Morgan fingerprint density at radius 3 is 2.67 bits per heavy atom. The molecule has 1 aromatic carbocycles. The van der Waals surface area contributed by atoms with E-state index in [0.717, 1.165) is 70.5 Å².